The summed E-state index contributed by atoms with van der Waals surface area (Å²) in [5.41, 5.74) is 7.44. The average molecular weight is 263 g/mol. The number of carboxylic acid groups (broad SMARTS) is 1. The number of benzene rings is 1. The maximum Gasteiger partial charge on any atom is 0.337 e. The molecule has 1 aliphatic heterocycles. The molecule has 1 fully saturated rings. The molecule has 104 valence electrons. The van der Waals surface area contributed by atoms with Crippen molar-refractivity contribution in [1.29, 1.82) is 0 Å². The van der Waals surface area contributed by atoms with Gasteiger partial charge in [0.1, 0.15) is 0 Å². The highest BCUT2D eigenvalue weighted by atomic mass is 16.4. The first kappa shape index (κ1) is 13.7. The normalized spacial score (nSPS) is 24.5. The fourth-order valence-electron chi connectivity index (χ4n) is 2.59. The minimum Gasteiger partial charge on any atom is -0.478 e. The highest BCUT2D eigenvalue weighted by molar-refractivity contribution is 5.95. The first-order chi connectivity index (χ1) is 8.90. The standard InChI is InChI=1S/C14H21N3O2/c1-9-7-17(8-10(2)16(9)3)13-6-11(15)4-5-12(13)14(18)19/h4-6,9-10H,7-8,15H2,1-3H3,(H,18,19). The lowest BCUT2D eigenvalue weighted by Crippen LogP contribution is -2.55. The Morgan fingerprint density at radius 2 is 1.89 bits per heavy atom. The predicted molar refractivity (Wildman–Crippen MR) is 76.7 cm³/mol. The van der Waals surface area contributed by atoms with Crippen LogP contribution in [0.3, 0.4) is 0 Å². The molecule has 0 aromatic heterocycles. The van der Waals surface area contributed by atoms with Crippen LogP contribution in [0.25, 0.3) is 0 Å². The van der Waals surface area contributed by atoms with Gasteiger partial charge < -0.3 is 15.7 Å². The Morgan fingerprint density at radius 3 is 2.42 bits per heavy atom. The van der Waals surface area contributed by atoms with Crippen LogP contribution in [0, 0.1) is 0 Å². The van der Waals surface area contributed by atoms with Crippen molar-refractivity contribution in [3.63, 3.8) is 0 Å². The number of aromatic carboxylic acids is 1. The van der Waals surface area contributed by atoms with E-state index in [0.29, 0.717) is 23.3 Å². The fraction of sp³-hybridized carbons (Fsp3) is 0.500. The van der Waals surface area contributed by atoms with Gasteiger partial charge in [-0.05, 0) is 39.1 Å². The molecule has 0 spiro atoms. The highest BCUT2D eigenvalue weighted by Gasteiger charge is 2.28. The van der Waals surface area contributed by atoms with E-state index in [2.05, 4.69) is 30.7 Å². The van der Waals surface area contributed by atoms with Gasteiger partial charge in [-0.2, -0.15) is 0 Å². The minimum absolute atomic E-state index is 0.318. The van der Waals surface area contributed by atoms with Gasteiger partial charge >= 0.3 is 5.97 Å². The third-order valence-electron chi connectivity index (χ3n) is 3.95. The number of nitrogens with zero attached hydrogens (tertiary/aromatic N) is 2. The van der Waals surface area contributed by atoms with Crippen molar-refractivity contribution in [2.75, 3.05) is 30.8 Å². The molecule has 0 bridgehead atoms. The monoisotopic (exact) mass is 263 g/mol. The minimum atomic E-state index is -0.908. The molecule has 1 aromatic rings. The van der Waals surface area contributed by atoms with E-state index in [9.17, 15) is 9.90 Å². The van der Waals surface area contributed by atoms with Crippen LogP contribution in [-0.4, -0.2) is 48.2 Å². The molecule has 0 aliphatic carbocycles. The molecule has 2 rings (SSSR count). The Bertz CT molecular complexity index is 478. The summed E-state index contributed by atoms with van der Waals surface area (Å²) in [7, 11) is 2.10. The van der Waals surface area contributed by atoms with Gasteiger partial charge in [-0.3, -0.25) is 4.90 Å². The molecule has 1 heterocycles. The fourth-order valence-corrected chi connectivity index (χ4v) is 2.59. The molecule has 0 saturated carbocycles. The predicted octanol–water partition coefficient (Wildman–Crippen LogP) is 1.50. The van der Waals surface area contributed by atoms with E-state index in [1.165, 1.54) is 0 Å². The summed E-state index contributed by atoms with van der Waals surface area (Å²) < 4.78 is 0. The molecular formula is C14H21N3O2. The number of hydrogen-bond acceptors (Lipinski definition) is 4. The molecule has 19 heavy (non-hydrogen) atoms. The number of nitrogens with two attached hydrogens (primary N) is 1. The quantitative estimate of drug-likeness (QED) is 0.791. The Labute approximate surface area is 113 Å². The van der Waals surface area contributed by atoms with Gasteiger partial charge in [0.2, 0.25) is 0 Å². The first-order valence-corrected chi connectivity index (χ1v) is 6.50. The number of nitrogen functional groups attached to an aromatic ring is 1. The molecule has 1 aromatic carbocycles. The Balaban J connectivity index is 2.36. The van der Waals surface area contributed by atoms with E-state index in [-0.39, 0.29) is 0 Å². The van der Waals surface area contributed by atoms with Crippen LogP contribution in [0.15, 0.2) is 18.2 Å². The van der Waals surface area contributed by atoms with E-state index in [1.54, 1.807) is 18.2 Å². The smallest absolute Gasteiger partial charge is 0.337 e. The molecule has 0 radical (unpaired) electrons. The van der Waals surface area contributed by atoms with Crippen LogP contribution >= 0.6 is 0 Å². The van der Waals surface area contributed by atoms with Gasteiger partial charge in [0.15, 0.2) is 0 Å². The molecule has 1 saturated heterocycles. The van der Waals surface area contributed by atoms with E-state index < -0.39 is 5.97 Å². The van der Waals surface area contributed by atoms with E-state index in [1.807, 2.05) is 0 Å². The van der Waals surface area contributed by atoms with Crippen LogP contribution in [0.4, 0.5) is 11.4 Å². The lowest BCUT2D eigenvalue weighted by molar-refractivity contribution is 0.0697. The molecule has 0 amide bonds. The molecule has 3 N–H and O–H groups in total. The molecule has 5 nitrogen and oxygen atoms in total. The van der Waals surface area contributed by atoms with Crippen LogP contribution < -0.4 is 10.6 Å². The van der Waals surface area contributed by atoms with Crippen molar-refractivity contribution >= 4 is 17.3 Å². The summed E-state index contributed by atoms with van der Waals surface area (Å²) in [6.07, 6.45) is 0. The zero-order valence-electron chi connectivity index (χ0n) is 11.6. The van der Waals surface area contributed by atoms with Crippen LogP contribution in [0.2, 0.25) is 0 Å². The summed E-state index contributed by atoms with van der Waals surface area (Å²) in [6.45, 7) is 5.92. The second-order valence-electron chi connectivity index (χ2n) is 5.35. The molecule has 1 aliphatic rings. The van der Waals surface area contributed by atoms with Crippen molar-refractivity contribution in [2.45, 2.75) is 25.9 Å². The lowest BCUT2D eigenvalue weighted by atomic mass is 10.1. The third kappa shape index (κ3) is 2.66. The summed E-state index contributed by atoms with van der Waals surface area (Å²) in [5, 5.41) is 9.29. The first-order valence-electron chi connectivity index (χ1n) is 6.50. The molecule has 5 heteroatoms. The number of likely N-dealkylation sites (N-methyl/N-ethyl adjacent to an activating group) is 1. The molecule has 2 unspecified atom stereocenters. The van der Waals surface area contributed by atoms with Crippen molar-refractivity contribution in [3.8, 4) is 0 Å². The maximum absolute atomic E-state index is 11.3. The summed E-state index contributed by atoms with van der Waals surface area (Å²) >= 11 is 0. The molecular weight excluding hydrogens is 242 g/mol. The second kappa shape index (κ2) is 5.09. The Morgan fingerprint density at radius 1 is 1.32 bits per heavy atom. The zero-order valence-corrected chi connectivity index (χ0v) is 11.6. The van der Waals surface area contributed by atoms with Crippen molar-refractivity contribution in [3.05, 3.63) is 23.8 Å². The van der Waals surface area contributed by atoms with Gasteiger partial charge in [0, 0.05) is 30.9 Å². The molecule has 2 atom stereocenters. The van der Waals surface area contributed by atoms with Gasteiger partial charge in [0.25, 0.3) is 0 Å². The van der Waals surface area contributed by atoms with Crippen LogP contribution in [-0.2, 0) is 0 Å². The number of anilines is 2. The number of piperazine rings is 1. The van der Waals surface area contributed by atoms with Gasteiger partial charge in [-0.1, -0.05) is 0 Å². The van der Waals surface area contributed by atoms with Crippen molar-refractivity contribution < 1.29 is 9.90 Å². The van der Waals surface area contributed by atoms with Gasteiger partial charge in [-0.15, -0.1) is 0 Å². The Hall–Kier alpha value is -1.75. The van der Waals surface area contributed by atoms with E-state index in [4.69, 9.17) is 5.73 Å². The summed E-state index contributed by atoms with van der Waals surface area (Å²) in [6, 6.07) is 5.74. The van der Waals surface area contributed by atoms with E-state index >= 15 is 0 Å². The van der Waals surface area contributed by atoms with Gasteiger partial charge in [-0.25, -0.2) is 4.79 Å². The topological polar surface area (TPSA) is 69.8 Å². The van der Waals surface area contributed by atoms with Gasteiger partial charge in [0.05, 0.1) is 11.3 Å². The SMILES string of the molecule is CC1CN(c2cc(N)ccc2C(=O)O)CC(C)N1C. The number of rotatable bonds is 2. The van der Waals surface area contributed by atoms with E-state index in [0.717, 1.165) is 18.8 Å². The number of hydrogen-bond donors (Lipinski definition) is 2. The zero-order chi connectivity index (χ0) is 14.2. The largest absolute Gasteiger partial charge is 0.478 e. The Kier molecular flexibility index (Phi) is 3.66. The maximum atomic E-state index is 11.3. The third-order valence-corrected chi connectivity index (χ3v) is 3.95. The van der Waals surface area contributed by atoms with Crippen LogP contribution in [0.1, 0.15) is 24.2 Å². The van der Waals surface area contributed by atoms with Crippen molar-refractivity contribution in [2.24, 2.45) is 0 Å². The second-order valence-corrected chi connectivity index (χ2v) is 5.35. The van der Waals surface area contributed by atoms with Crippen molar-refractivity contribution in [1.82, 2.24) is 4.90 Å². The summed E-state index contributed by atoms with van der Waals surface area (Å²) in [5.74, 6) is -0.908. The number of carbonyl (C=O) groups is 1. The summed E-state index contributed by atoms with van der Waals surface area (Å²) in [4.78, 5) is 15.8. The number of carboxylic acids is 1. The highest BCUT2D eigenvalue weighted by Crippen LogP contribution is 2.27. The average Bonchev–Trinajstić information content (AvgIpc) is 2.34. The van der Waals surface area contributed by atoms with Crippen LogP contribution in [0.5, 0.6) is 0 Å². The lowest BCUT2D eigenvalue weighted by Gasteiger charge is -2.43.